The second-order valence-corrected chi connectivity index (χ2v) is 5.11. The molecule has 1 heterocycles. The average Bonchev–Trinajstić information content (AvgIpc) is 2.62. The van der Waals surface area contributed by atoms with Crippen LogP contribution in [0.1, 0.15) is 22.3 Å². The summed E-state index contributed by atoms with van der Waals surface area (Å²) in [6, 6.07) is 15.9. The van der Waals surface area contributed by atoms with Crippen LogP contribution < -0.4 is 5.43 Å². The molecule has 122 valence electrons. The van der Waals surface area contributed by atoms with E-state index in [1.165, 1.54) is 0 Å². The van der Waals surface area contributed by atoms with Crippen LogP contribution in [0.25, 0.3) is 0 Å². The van der Waals surface area contributed by atoms with Crippen molar-refractivity contribution in [3.63, 3.8) is 0 Å². The van der Waals surface area contributed by atoms with Gasteiger partial charge >= 0.3 is 11.9 Å². The Morgan fingerprint density at radius 2 is 1.50 bits per heavy atom. The largest absolute Gasteiger partial charge is 0.462 e. The van der Waals surface area contributed by atoms with Gasteiger partial charge in [0.2, 0.25) is 0 Å². The Labute approximate surface area is 139 Å². The van der Waals surface area contributed by atoms with E-state index in [9.17, 15) is 9.59 Å². The molecule has 0 aliphatic carbocycles. The summed E-state index contributed by atoms with van der Waals surface area (Å²) in [5.74, 6) is -0.973. The van der Waals surface area contributed by atoms with Gasteiger partial charge in [0.15, 0.2) is 5.71 Å². The van der Waals surface area contributed by atoms with Crippen molar-refractivity contribution in [2.24, 2.45) is 5.10 Å². The first-order chi connectivity index (χ1) is 11.8. The number of carbonyl (C=O) groups is 2. The minimum absolute atomic E-state index is 0.152. The number of fused-ring (bicyclic) bond motifs is 1. The van der Waals surface area contributed by atoms with E-state index in [0.29, 0.717) is 23.2 Å². The normalized spacial score (nSPS) is 17.8. The summed E-state index contributed by atoms with van der Waals surface area (Å²) >= 11 is 0. The lowest BCUT2D eigenvalue weighted by atomic mass is 10.1. The van der Waals surface area contributed by atoms with Crippen LogP contribution in [-0.4, -0.2) is 30.9 Å². The summed E-state index contributed by atoms with van der Waals surface area (Å²) < 4.78 is 10.4. The molecular weight excluding hydrogens is 308 g/mol. The van der Waals surface area contributed by atoms with Crippen molar-refractivity contribution >= 4 is 23.3 Å². The molecule has 2 aromatic rings. The lowest BCUT2D eigenvalue weighted by Crippen LogP contribution is -2.22. The maximum absolute atomic E-state index is 12.3. The van der Waals surface area contributed by atoms with Gasteiger partial charge in [-0.2, -0.15) is 5.10 Å². The Morgan fingerprint density at radius 3 is 2.29 bits per heavy atom. The van der Waals surface area contributed by atoms with Crippen LogP contribution in [0.2, 0.25) is 0 Å². The SMILES string of the molecule is O=C1OCCCOC(=O)c2ccccc2N/N=C\1c1ccccc1. The van der Waals surface area contributed by atoms with Gasteiger partial charge < -0.3 is 9.47 Å². The van der Waals surface area contributed by atoms with Crippen LogP contribution in [0.3, 0.4) is 0 Å². The van der Waals surface area contributed by atoms with Gasteiger partial charge in [-0.1, -0.05) is 42.5 Å². The Morgan fingerprint density at radius 1 is 0.833 bits per heavy atom. The number of cyclic esters (lactones) is 2. The van der Waals surface area contributed by atoms with Crippen LogP contribution in [-0.2, 0) is 14.3 Å². The number of benzene rings is 2. The lowest BCUT2D eigenvalue weighted by molar-refractivity contribution is -0.135. The summed E-state index contributed by atoms with van der Waals surface area (Å²) in [5, 5.41) is 4.17. The van der Waals surface area contributed by atoms with E-state index in [2.05, 4.69) is 10.5 Å². The molecule has 0 atom stereocenters. The van der Waals surface area contributed by atoms with E-state index >= 15 is 0 Å². The summed E-state index contributed by atoms with van der Waals surface area (Å²) in [7, 11) is 0. The van der Waals surface area contributed by atoms with Gasteiger partial charge in [-0.15, -0.1) is 0 Å². The van der Waals surface area contributed by atoms with Crippen molar-refractivity contribution < 1.29 is 19.1 Å². The van der Waals surface area contributed by atoms with E-state index in [1.807, 2.05) is 18.2 Å². The topological polar surface area (TPSA) is 77.0 Å². The smallest absolute Gasteiger partial charge is 0.359 e. The zero-order valence-corrected chi connectivity index (χ0v) is 12.9. The van der Waals surface area contributed by atoms with E-state index in [1.54, 1.807) is 36.4 Å². The van der Waals surface area contributed by atoms with Crippen LogP contribution in [0, 0.1) is 0 Å². The van der Waals surface area contributed by atoms with Gasteiger partial charge in [0.25, 0.3) is 0 Å². The number of esters is 2. The number of ether oxygens (including phenoxy) is 2. The highest BCUT2D eigenvalue weighted by atomic mass is 16.5. The van der Waals surface area contributed by atoms with Crippen molar-refractivity contribution in [1.82, 2.24) is 0 Å². The fourth-order valence-electron chi connectivity index (χ4n) is 2.23. The molecule has 6 nitrogen and oxygen atoms in total. The van der Waals surface area contributed by atoms with Crippen molar-refractivity contribution in [2.45, 2.75) is 6.42 Å². The molecule has 3 rings (SSSR count). The van der Waals surface area contributed by atoms with Gasteiger partial charge in [-0.05, 0) is 12.1 Å². The Hall–Kier alpha value is -3.15. The molecule has 1 aliphatic rings. The molecular formula is C18H16N2O4. The maximum atomic E-state index is 12.3. The highest BCUT2D eigenvalue weighted by molar-refractivity contribution is 6.43. The molecule has 0 amide bonds. The molecule has 0 spiro atoms. The van der Waals surface area contributed by atoms with Crippen molar-refractivity contribution in [3.05, 3.63) is 65.7 Å². The fraction of sp³-hybridized carbons (Fsp3) is 0.167. The lowest BCUT2D eigenvalue weighted by Gasteiger charge is -2.13. The summed E-state index contributed by atoms with van der Waals surface area (Å²) in [5.41, 5.74) is 4.39. The predicted molar refractivity (Wildman–Crippen MR) is 88.9 cm³/mol. The molecule has 0 bridgehead atoms. The molecule has 24 heavy (non-hydrogen) atoms. The van der Waals surface area contributed by atoms with E-state index in [-0.39, 0.29) is 18.9 Å². The van der Waals surface area contributed by atoms with Crippen LogP contribution in [0.4, 0.5) is 5.69 Å². The number of hydrogen-bond acceptors (Lipinski definition) is 6. The van der Waals surface area contributed by atoms with Gasteiger partial charge in [0.05, 0.1) is 24.5 Å². The van der Waals surface area contributed by atoms with E-state index < -0.39 is 11.9 Å². The molecule has 2 aromatic carbocycles. The summed E-state index contributed by atoms with van der Waals surface area (Å²) in [6.45, 7) is 0.331. The van der Waals surface area contributed by atoms with Crippen LogP contribution >= 0.6 is 0 Å². The third-order valence-corrected chi connectivity index (χ3v) is 3.43. The van der Waals surface area contributed by atoms with Gasteiger partial charge in [0, 0.05) is 12.0 Å². The molecule has 0 saturated carbocycles. The number of hydrazone groups is 1. The molecule has 0 aromatic heterocycles. The van der Waals surface area contributed by atoms with Gasteiger partial charge in [-0.25, -0.2) is 9.59 Å². The zero-order chi connectivity index (χ0) is 16.8. The second kappa shape index (κ2) is 7.41. The summed E-state index contributed by atoms with van der Waals surface area (Å²) in [6.07, 6.45) is 0.426. The standard InChI is InChI=1S/C18H16N2O4/c21-17-14-9-4-5-10-15(14)19-20-16(13-7-2-1-3-8-13)18(22)24-12-6-11-23-17/h1-5,7-10,19H,6,11-12H2/b20-16-. The van der Waals surface area contributed by atoms with E-state index in [0.717, 1.165) is 0 Å². The number of nitrogens with zero attached hydrogens (tertiary/aromatic N) is 1. The second-order valence-electron chi connectivity index (χ2n) is 5.11. The number of anilines is 1. The molecule has 0 saturated heterocycles. The molecule has 1 N–H and O–H groups in total. The first kappa shape index (κ1) is 15.7. The number of carbonyl (C=O) groups excluding carboxylic acids is 2. The van der Waals surface area contributed by atoms with Crippen molar-refractivity contribution in [2.75, 3.05) is 18.6 Å². The number of hydrogen-bond donors (Lipinski definition) is 1. The number of para-hydroxylation sites is 1. The highest BCUT2D eigenvalue weighted by Gasteiger charge is 2.18. The minimum Gasteiger partial charge on any atom is -0.462 e. The molecule has 0 radical (unpaired) electrons. The first-order valence-corrected chi connectivity index (χ1v) is 7.58. The molecule has 6 heteroatoms. The Kier molecular flexibility index (Phi) is 4.86. The van der Waals surface area contributed by atoms with Crippen molar-refractivity contribution in [1.29, 1.82) is 0 Å². The minimum atomic E-state index is -0.530. The predicted octanol–water partition coefficient (Wildman–Crippen LogP) is 2.61. The zero-order valence-electron chi connectivity index (χ0n) is 12.9. The maximum Gasteiger partial charge on any atom is 0.359 e. The third kappa shape index (κ3) is 3.60. The van der Waals surface area contributed by atoms with Crippen LogP contribution in [0.15, 0.2) is 59.7 Å². The highest BCUT2D eigenvalue weighted by Crippen LogP contribution is 2.17. The quantitative estimate of drug-likeness (QED) is 0.816. The average molecular weight is 324 g/mol. The van der Waals surface area contributed by atoms with Gasteiger partial charge in [0.1, 0.15) is 0 Å². The summed E-state index contributed by atoms with van der Waals surface area (Å²) in [4.78, 5) is 24.4. The fourth-order valence-corrected chi connectivity index (χ4v) is 2.23. The molecule has 0 fully saturated rings. The molecule has 0 unspecified atom stereocenters. The number of rotatable bonds is 1. The monoisotopic (exact) mass is 324 g/mol. The van der Waals surface area contributed by atoms with Crippen molar-refractivity contribution in [3.8, 4) is 0 Å². The van der Waals surface area contributed by atoms with Gasteiger partial charge in [-0.3, -0.25) is 5.43 Å². The Balaban J connectivity index is 2.00. The Bertz CT molecular complexity index is 772. The first-order valence-electron chi connectivity index (χ1n) is 7.58. The van der Waals surface area contributed by atoms with E-state index in [4.69, 9.17) is 9.47 Å². The number of nitrogens with one attached hydrogen (secondary N) is 1. The van der Waals surface area contributed by atoms with Crippen LogP contribution in [0.5, 0.6) is 0 Å². The third-order valence-electron chi connectivity index (χ3n) is 3.43. The molecule has 1 aliphatic heterocycles.